The van der Waals surface area contributed by atoms with Crippen LogP contribution in [0.2, 0.25) is 0 Å². The Morgan fingerprint density at radius 2 is 1.96 bits per heavy atom. The zero-order valence-corrected chi connectivity index (χ0v) is 17.8. The number of nitrogens with two attached hydrogens (primary N) is 1. The molecule has 0 spiro atoms. The highest BCUT2D eigenvalue weighted by molar-refractivity contribution is 7.99. The topological polar surface area (TPSA) is 86.3 Å². The van der Waals surface area contributed by atoms with Gasteiger partial charge in [0.25, 0.3) is 0 Å². The Balaban J connectivity index is 1.57. The number of hydrogen-bond acceptors (Lipinski definition) is 6. The highest BCUT2D eigenvalue weighted by Gasteiger charge is 2.29. The number of nitrogens with zero attached hydrogens (tertiary/aromatic N) is 4. The van der Waals surface area contributed by atoms with Crippen molar-refractivity contribution in [3.8, 4) is 5.75 Å². The number of amides is 1. The van der Waals surface area contributed by atoms with Gasteiger partial charge < -0.3 is 15.5 Å². The molecule has 152 valence electrons. The minimum atomic E-state index is 0.126. The predicted octanol–water partition coefficient (Wildman–Crippen LogP) is 3.07. The molecular formula is C20H29N5O2S. The Labute approximate surface area is 170 Å². The van der Waals surface area contributed by atoms with E-state index >= 15 is 0 Å². The number of carbonyl (C=O) groups is 1. The van der Waals surface area contributed by atoms with Crippen molar-refractivity contribution in [2.24, 2.45) is 0 Å². The summed E-state index contributed by atoms with van der Waals surface area (Å²) in [7, 11) is 0. The molecule has 1 aliphatic rings. The molecular weight excluding hydrogens is 374 g/mol. The third-order valence-electron chi connectivity index (χ3n) is 5.23. The van der Waals surface area contributed by atoms with E-state index in [1.165, 1.54) is 28.4 Å². The Morgan fingerprint density at radius 1 is 1.25 bits per heavy atom. The SMILES string of the molecule is Cc1ccc(OCc2nnc(SCC(=O)N3[C@H](C)CCC[C@H]3C)n2N)c(C)c1. The number of likely N-dealkylation sites (tertiary alicyclic amines) is 1. The van der Waals surface area contributed by atoms with Crippen molar-refractivity contribution in [1.82, 2.24) is 19.8 Å². The Hall–Kier alpha value is -2.22. The van der Waals surface area contributed by atoms with Gasteiger partial charge in [-0.1, -0.05) is 29.5 Å². The van der Waals surface area contributed by atoms with E-state index in [9.17, 15) is 4.79 Å². The molecule has 1 aromatic carbocycles. The number of hydrogen-bond donors (Lipinski definition) is 1. The molecule has 2 atom stereocenters. The van der Waals surface area contributed by atoms with Crippen LogP contribution in [-0.4, -0.2) is 43.5 Å². The summed E-state index contributed by atoms with van der Waals surface area (Å²) in [5.74, 6) is 7.87. The molecule has 8 heteroatoms. The van der Waals surface area contributed by atoms with Crippen molar-refractivity contribution in [3.05, 3.63) is 35.2 Å². The summed E-state index contributed by atoms with van der Waals surface area (Å²) < 4.78 is 7.24. The summed E-state index contributed by atoms with van der Waals surface area (Å²) >= 11 is 1.32. The van der Waals surface area contributed by atoms with Crippen molar-refractivity contribution < 1.29 is 9.53 Å². The second kappa shape index (κ2) is 8.86. The smallest absolute Gasteiger partial charge is 0.233 e. The summed E-state index contributed by atoms with van der Waals surface area (Å²) in [5, 5.41) is 8.75. The molecule has 0 bridgehead atoms. The lowest BCUT2D eigenvalue weighted by Gasteiger charge is -2.39. The number of nitrogen functional groups attached to an aromatic ring is 1. The van der Waals surface area contributed by atoms with E-state index in [0.717, 1.165) is 24.2 Å². The van der Waals surface area contributed by atoms with Crippen LogP contribution >= 0.6 is 11.8 Å². The largest absolute Gasteiger partial charge is 0.485 e. The van der Waals surface area contributed by atoms with Gasteiger partial charge in [0.2, 0.25) is 11.1 Å². The molecule has 1 saturated heterocycles. The summed E-state index contributed by atoms with van der Waals surface area (Å²) in [6, 6.07) is 6.59. The summed E-state index contributed by atoms with van der Waals surface area (Å²) in [6.45, 7) is 8.51. The van der Waals surface area contributed by atoms with Gasteiger partial charge in [0, 0.05) is 12.1 Å². The van der Waals surface area contributed by atoms with Crippen LogP contribution in [0.1, 0.15) is 50.1 Å². The van der Waals surface area contributed by atoms with Gasteiger partial charge in [0.05, 0.1) is 5.75 Å². The first kappa shape index (κ1) is 20.5. The molecule has 0 aliphatic carbocycles. The third kappa shape index (κ3) is 4.60. The van der Waals surface area contributed by atoms with Crippen LogP contribution in [0.5, 0.6) is 5.75 Å². The van der Waals surface area contributed by atoms with E-state index in [1.807, 2.05) is 30.9 Å². The molecule has 7 nitrogen and oxygen atoms in total. The minimum absolute atomic E-state index is 0.126. The van der Waals surface area contributed by atoms with Gasteiger partial charge in [0.15, 0.2) is 5.82 Å². The number of benzene rings is 1. The van der Waals surface area contributed by atoms with Gasteiger partial charge >= 0.3 is 0 Å². The average Bonchev–Trinajstić information content (AvgIpc) is 2.99. The van der Waals surface area contributed by atoms with Crippen LogP contribution in [0.4, 0.5) is 0 Å². The van der Waals surface area contributed by atoms with Gasteiger partial charge in [0.1, 0.15) is 12.4 Å². The molecule has 2 N–H and O–H groups in total. The van der Waals surface area contributed by atoms with E-state index in [-0.39, 0.29) is 24.6 Å². The van der Waals surface area contributed by atoms with Crippen LogP contribution in [0.25, 0.3) is 0 Å². The van der Waals surface area contributed by atoms with Crippen LogP contribution in [0, 0.1) is 13.8 Å². The second-order valence-corrected chi connectivity index (χ2v) is 8.49. The minimum Gasteiger partial charge on any atom is -0.485 e. The van der Waals surface area contributed by atoms with Crippen molar-refractivity contribution >= 4 is 17.7 Å². The zero-order chi connectivity index (χ0) is 20.3. The molecule has 1 aliphatic heterocycles. The van der Waals surface area contributed by atoms with Crippen LogP contribution in [0.3, 0.4) is 0 Å². The average molecular weight is 404 g/mol. The number of aryl methyl sites for hydroxylation is 2. The lowest BCUT2D eigenvalue weighted by molar-refractivity contribution is -0.134. The maximum Gasteiger partial charge on any atom is 0.233 e. The predicted molar refractivity (Wildman–Crippen MR) is 111 cm³/mol. The molecule has 0 unspecified atom stereocenters. The Bertz CT molecular complexity index is 828. The number of carbonyl (C=O) groups excluding carboxylic acids is 1. The normalized spacial score (nSPS) is 19.6. The Morgan fingerprint density at radius 3 is 2.64 bits per heavy atom. The third-order valence-corrected chi connectivity index (χ3v) is 6.16. The van der Waals surface area contributed by atoms with Crippen molar-refractivity contribution in [2.45, 2.75) is 70.8 Å². The number of thioether (sulfide) groups is 1. The van der Waals surface area contributed by atoms with Crippen LogP contribution < -0.4 is 10.6 Å². The highest BCUT2D eigenvalue weighted by Crippen LogP contribution is 2.25. The maximum absolute atomic E-state index is 12.7. The van der Waals surface area contributed by atoms with E-state index in [1.54, 1.807) is 0 Å². The molecule has 1 amide bonds. The molecule has 2 heterocycles. The molecule has 1 aromatic heterocycles. The van der Waals surface area contributed by atoms with E-state index in [4.69, 9.17) is 10.6 Å². The number of piperidine rings is 1. The molecule has 1 fully saturated rings. The molecule has 3 rings (SSSR count). The first-order chi connectivity index (χ1) is 13.4. The van der Waals surface area contributed by atoms with Gasteiger partial charge in [-0.25, -0.2) is 4.68 Å². The number of ether oxygens (including phenoxy) is 1. The fourth-order valence-electron chi connectivity index (χ4n) is 3.72. The molecule has 28 heavy (non-hydrogen) atoms. The second-order valence-electron chi connectivity index (χ2n) is 7.55. The number of aromatic nitrogens is 3. The highest BCUT2D eigenvalue weighted by atomic mass is 32.2. The Kier molecular flexibility index (Phi) is 6.49. The first-order valence-corrected chi connectivity index (χ1v) is 10.7. The lowest BCUT2D eigenvalue weighted by Crippen LogP contribution is -2.48. The van der Waals surface area contributed by atoms with E-state index in [2.05, 4.69) is 30.1 Å². The summed E-state index contributed by atoms with van der Waals surface area (Å²) in [4.78, 5) is 14.7. The van der Waals surface area contributed by atoms with Crippen LogP contribution in [0.15, 0.2) is 23.4 Å². The van der Waals surface area contributed by atoms with Crippen molar-refractivity contribution in [3.63, 3.8) is 0 Å². The van der Waals surface area contributed by atoms with Gasteiger partial charge in [-0.05, 0) is 58.6 Å². The molecule has 0 saturated carbocycles. The van der Waals surface area contributed by atoms with Crippen molar-refractivity contribution in [1.29, 1.82) is 0 Å². The quantitative estimate of drug-likeness (QED) is 0.589. The van der Waals surface area contributed by atoms with Gasteiger partial charge in [-0.15, -0.1) is 10.2 Å². The molecule has 0 radical (unpaired) electrons. The van der Waals surface area contributed by atoms with Gasteiger partial charge in [-0.3, -0.25) is 4.79 Å². The summed E-state index contributed by atoms with van der Waals surface area (Å²) in [5.41, 5.74) is 2.25. The van der Waals surface area contributed by atoms with Crippen LogP contribution in [-0.2, 0) is 11.4 Å². The lowest BCUT2D eigenvalue weighted by atomic mass is 9.98. The van der Waals surface area contributed by atoms with E-state index in [0.29, 0.717) is 16.7 Å². The fraction of sp³-hybridized carbons (Fsp3) is 0.550. The fourth-order valence-corrected chi connectivity index (χ4v) is 4.47. The summed E-state index contributed by atoms with van der Waals surface area (Å²) in [6.07, 6.45) is 3.31. The first-order valence-electron chi connectivity index (χ1n) is 9.70. The van der Waals surface area contributed by atoms with Crippen molar-refractivity contribution in [2.75, 3.05) is 11.6 Å². The molecule has 2 aromatic rings. The standard InChI is InChI=1S/C20H29N5O2S/c1-13-8-9-17(14(2)10-13)27-11-18-22-23-20(25(18)21)28-12-19(26)24-15(3)6-5-7-16(24)4/h8-10,15-16H,5-7,11-12,21H2,1-4H3/t15-,16-/m1/s1. The monoisotopic (exact) mass is 403 g/mol. The van der Waals surface area contributed by atoms with E-state index < -0.39 is 0 Å². The number of rotatable bonds is 6. The van der Waals surface area contributed by atoms with Gasteiger partial charge in [-0.2, -0.15) is 0 Å². The maximum atomic E-state index is 12.7. The zero-order valence-electron chi connectivity index (χ0n) is 17.0.